The maximum absolute atomic E-state index is 12.1. The third-order valence-corrected chi connectivity index (χ3v) is 5.35. The van der Waals surface area contributed by atoms with Gasteiger partial charge in [0.2, 0.25) is 0 Å². The smallest absolute Gasteiger partial charge is 0.331 e. The zero-order chi connectivity index (χ0) is 17.5. The van der Waals surface area contributed by atoms with E-state index < -0.39 is 0 Å². The van der Waals surface area contributed by atoms with Gasteiger partial charge in [-0.05, 0) is 56.8 Å². The first-order valence-corrected chi connectivity index (χ1v) is 9.54. The van der Waals surface area contributed by atoms with Crippen molar-refractivity contribution in [3.05, 3.63) is 53.6 Å². The topological polar surface area (TPSA) is 29.5 Å². The van der Waals surface area contributed by atoms with Crippen LogP contribution in [0.25, 0.3) is 6.08 Å². The Balaban J connectivity index is 1.49. The van der Waals surface area contributed by atoms with Crippen molar-refractivity contribution in [2.45, 2.75) is 45.1 Å². The summed E-state index contributed by atoms with van der Waals surface area (Å²) >= 11 is 0. The van der Waals surface area contributed by atoms with Crippen LogP contribution in [-0.4, -0.2) is 36.6 Å². The minimum absolute atomic E-state index is 0.219. The highest BCUT2D eigenvalue weighted by atomic mass is 16.5. The van der Waals surface area contributed by atoms with Crippen molar-refractivity contribution in [3.8, 4) is 0 Å². The van der Waals surface area contributed by atoms with Crippen molar-refractivity contribution < 1.29 is 9.53 Å². The van der Waals surface area contributed by atoms with Gasteiger partial charge in [0.05, 0.1) is 6.61 Å². The van der Waals surface area contributed by atoms with Crippen LogP contribution in [-0.2, 0) is 9.53 Å². The number of hydrogen-bond donors (Lipinski definition) is 0. The van der Waals surface area contributed by atoms with Crippen molar-refractivity contribution in [1.82, 2.24) is 4.90 Å². The molecule has 3 rings (SSSR count). The van der Waals surface area contributed by atoms with Crippen molar-refractivity contribution in [3.63, 3.8) is 0 Å². The van der Waals surface area contributed by atoms with E-state index in [2.05, 4.69) is 4.90 Å². The minimum Gasteiger partial charge on any atom is -0.462 e. The first-order chi connectivity index (χ1) is 12.2. The molecule has 1 aromatic carbocycles. The molecule has 1 aromatic rings. The molecule has 0 aromatic heterocycles. The van der Waals surface area contributed by atoms with Crippen LogP contribution in [0.4, 0.5) is 0 Å². The van der Waals surface area contributed by atoms with Crippen LogP contribution < -0.4 is 0 Å². The number of esters is 1. The molecule has 2 aliphatic heterocycles. The largest absolute Gasteiger partial charge is 0.462 e. The first kappa shape index (κ1) is 17.9. The molecule has 0 spiro atoms. The van der Waals surface area contributed by atoms with E-state index in [1.54, 1.807) is 6.08 Å². The van der Waals surface area contributed by atoms with Gasteiger partial charge in [-0.1, -0.05) is 48.9 Å². The van der Waals surface area contributed by atoms with E-state index in [1.165, 1.54) is 45.2 Å². The Kier molecular flexibility index (Phi) is 6.46. The van der Waals surface area contributed by atoms with E-state index in [9.17, 15) is 4.79 Å². The van der Waals surface area contributed by atoms with Crippen LogP contribution in [0.1, 0.15) is 44.6 Å². The number of allylic oxidation sites excluding steroid dienone is 2. The Bertz CT molecular complexity index is 618. The monoisotopic (exact) mass is 339 g/mol. The summed E-state index contributed by atoms with van der Waals surface area (Å²) < 4.78 is 5.58. The van der Waals surface area contributed by atoms with Gasteiger partial charge in [-0.15, -0.1) is 0 Å². The highest BCUT2D eigenvalue weighted by Gasteiger charge is 2.33. The Morgan fingerprint density at radius 3 is 2.80 bits per heavy atom. The van der Waals surface area contributed by atoms with Crippen LogP contribution in [0.15, 0.2) is 48.1 Å². The Labute approximate surface area is 151 Å². The number of carbonyl (C=O) groups is 1. The predicted octanol–water partition coefficient (Wildman–Crippen LogP) is 4.45. The second-order valence-corrected chi connectivity index (χ2v) is 7.26. The lowest BCUT2D eigenvalue weighted by Crippen LogP contribution is -2.49. The number of hydrogen-bond acceptors (Lipinski definition) is 3. The molecule has 134 valence electrons. The molecule has 0 bridgehead atoms. The van der Waals surface area contributed by atoms with E-state index >= 15 is 0 Å². The molecule has 0 radical (unpaired) electrons. The van der Waals surface area contributed by atoms with Gasteiger partial charge >= 0.3 is 5.97 Å². The number of ether oxygens (including phenoxy) is 1. The van der Waals surface area contributed by atoms with Gasteiger partial charge in [-0.25, -0.2) is 4.79 Å². The van der Waals surface area contributed by atoms with Gasteiger partial charge in [0.1, 0.15) is 0 Å². The first-order valence-electron chi connectivity index (χ1n) is 9.54. The van der Waals surface area contributed by atoms with Gasteiger partial charge in [0.25, 0.3) is 0 Å². The summed E-state index contributed by atoms with van der Waals surface area (Å²) in [6.45, 7) is 4.94. The van der Waals surface area contributed by atoms with Crippen LogP contribution >= 0.6 is 0 Å². The molecule has 0 N–H and O–H groups in total. The van der Waals surface area contributed by atoms with Crippen molar-refractivity contribution >= 4 is 12.0 Å². The van der Waals surface area contributed by atoms with Gasteiger partial charge in [-0.3, -0.25) is 4.90 Å². The van der Waals surface area contributed by atoms with Gasteiger partial charge in [0.15, 0.2) is 0 Å². The molecule has 2 aliphatic rings. The lowest BCUT2D eigenvalue weighted by Gasteiger charge is -2.44. The maximum Gasteiger partial charge on any atom is 0.331 e. The van der Waals surface area contributed by atoms with E-state index in [0.717, 1.165) is 11.1 Å². The fourth-order valence-electron chi connectivity index (χ4n) is 4.03. The third kappa shape index (κ3) is 5.30. The number of nitrogens with zero attached hydrogens (tertiary/aromatic N) is 1. The number of benzene rings is 1. The summed E-state index contributed by atoms with van der Waals surface area (Å²) in [5, 5.41) is 0. The molecule has 3 heteroatoms. The second kappa shape index (κ2) is 9.00. The average Bonchev–Trinajstić information content (AvgIpc) is 2.65. The second-order valence-electron chi connectivity index (χ2n) is 7.26. The fraction of sp³-hybridized carbons (Fsp3) is 0.500. The standard InChI is InChI=1S/C22H29NO2/c1-18(12-13-19-8-3-2-4-9-19)16-22(24)25-17-20-10-7-15-23-14-6-5-11-21(20)23/h2-4,8-9,12-13,16,20-21H,5-7,10-11,14-15,17H2,1H3/b13-12-,18-16+/t20-,21-/m1/s1. The molecule has 0 amide bonds. The number of fused-ring (bicyclic) bond motifs is 1. The summed E-state index contributed by atoms with van der Waals surface area (Å²) in [4.78, 5) is 14.7. The van der Waals surface area contributed by atoms with Crippen molar-refractivity contribution in [2.24, 2.45) is 5.92 Å². The summed E-state index contributed by atoms with van der Waals surface area (Å²) in [5.74, 6) is 0.287. The zero-order valence-corrected chi connectivity index (χ0v) is 15.2. The summed E-state index contributed by atoms with van der Waals surface area (Å²) in [5.41, 5.74) is 2.04. The molecule has 0 saturated carbocycles. The lowest BCUT2D eigenvalue weighted by atomic mass is 9.84. The highest BCUT2D eigenvalue weighted by molar-refractivity contribution is 5.83. The summed E-state index contributed by atoms with van der Waals surface area (Å²) in [6.07, 6.45) is 11.9. The van der Waals surface area contributed by atoms with Crippen molar-refractivity contribution in [2.75, 3.05) is 19.7 Å². The molecule has 3 nitrogen and oxygen atoms in total. The normalized spacial score (nSPS) is 24.9. The highest BCUT2D eigenvalue weighted by Crippen LogP contribution is 2.31. The average molecular weight is 339 g/mol. The molecule has 0 aliphatic carbocycles. The Morgan fingerprint density at radius 2 is 1.96 bits per heavy atom. The zero-order valence-electron chi connectivity index (χ0n) is 15.2. The SMILES string of the molecule is CC(/C=C\c1ccccc1)=C\C(=O)OC[C@H]1CCCN2CCCC[C@H]12. The summed E-state index contributed by atoms with van der Waals surface area (Å²) in [7, 11) is 0. The number of carbonyl (C=O) groups excluding carboxylic acids is 1. The van der Waals surface area contributed by atoms with E-state index in [1.807, 2.05) is 49.4 Å². The van der Waals surface area contributed by atoms with E-state index in [4.69, 9.17) is 4.74 Å². The number of piperidine rings is 2. The third-order valence-electron chi connectivity index (χ3n) is 5.35. The molecule has 0 unspecified atom stereocenters. The lowest BCUT2D eigenvalue weighted by molar-refractivity contribution is -0.140. The number of rotatable bonds is 5. The molecule has 25 heavy (non-hydrogen) atoms. The van der Waals surface area contributed by atoms with E-state index in [-0.39, 0.29) is 5.97 Å². The van der Waals surface area contributed by atoms with Gasteiger partial charge in [-0.2, -0.15) is 0 Å². The van der Waals surface area contributed by atoms with Crippen LogP contribution in [0.2, 0.25) is 0 Å². The Hall–Kier alpha value is -1.87. The molecule has 2 saturated heterocycles. The molecule has 2 fully saturated rings. The quantitative estimate of drug-likeness (QED) is 0.451. The van der Waals surface area contributed by atoms with Crippen molar-refractivity contribution in [1.29, 1.82) is 0 Å². The van der Waals surface area contributed by atoms with Gasteiger partial charge in [0, 0.05) is 18.0 Å². The van der Waals surface area contributed by atoms with Crippen LogP contribution in [0.3, 0.4) is 0 Å². The molecular weight excluding hydrogens is 310 g/mol. The Morgan fingerprint density at radius 1 is 1.16 bits per heavy atom. The minimum atomic E-state index is -0.219. The fourth-order valence-corrected chi connectivity index (χ4v) is 4.03. The van der Waals surface area contributed by atoms with E-state index in [0.29, 0.717) is 18.6 Å². The van der Waals surface area contributed by atoms with Crippen LogP contribution in [0, 0.1) is 5.92 Å². The summed E-state index contributed by atoms with van der Waals surface area (Å²) in [6, 6.07) is 10.7. The van der Waals surface area contributed by atoms with Gasteiger partial charge < -0.3 is 4.74 Å². The predicted molar refractivity (Wildman–Crippen MR) is 102 cm³/mol. The van der Waals surface area contributed by atoms with Crippen LogP contribution in [0.5, 0.6) is 0 Å². The molecular formula is C22H29NO2. The molecule has 2 atom stereocenters. The maximum atomic E-state index is 12.1. The molecule has 2 heterocycles.